The number of nitrogens with one attached hydrogen (secondary N) is 1. The quantitative estimate of drug-likeness (QED) is 0.847. The van der Waals surface area contributed by atoms with Crippen LogP contribution in [0.1, 0.15) is 24.2 Å². The SMILES string of the molecule is CCSCC(C)NC(=O)c1cc(Cl)ncc1Cl. The van der Waals surface area contributed by atoms with Crippen molar-refractivity contribution in [2.24, 2.45) is 0 Å². The van der Waals surface area contributed by atoms with Gasteiger partial charge in [-0.15, -0.1) is 0 Å². The Labute approximate surface area is 115 Å². The minimum atomic E-state index is -0.219. The Bertz CT molecular complexity index is 401. The average Bonchev–Trinajstić information content (AvgIpc) is 2.29. The summed E-state index contributed by atoms with van der Waals surface area (Å²) in [6.45, 7) is 4.04. The molecule has 0 bridgehead atoms. The third kappa shape index (κ3) is 4.74. The van der Waals surface area contributed by atoms with Crippen LogP contribution in [-0.2, 0) is 0 Å². The molecule has 0 aliphatic carbocycles. The first-order chi connectivity index (χ1) is 8.04. The second-order valence-electron chi connectivity index (χ2n) is 3.52. The molecule has 1 amide bonds. The number of thioether (sulfide) groups is 1. The number of rotatable bonds is 5. The van der Waals surface area contributed by atoms with E-state index in [-0.39, 0.29) is 17.1 Å². The molecular weight excluding hydrogens is 279 g/mol. The minimum Gasteiger partial charge on any atom is -0.349 e. The maximum atomic E-state index is 11.9. The predicted molar refractivity (Wildman–Crippen MR) is 74.2 cm³/mol. The third-order valence-corrected chi connectivity index (χ3v) is 3.67. The number of nitrogens with zero attached hydrogens (tertiary/aromatic N) is 1. The van der Waals surface area contributed by atoms with Crippen LogP contribution in [0.25, 0.3) is 0 Å². The molecular formula is C11H14Cl2N2OS. The Kier molecular flexibility index (Phi) is 6.09. The topological polar surface area (TPSA) is 42.0 Å². The molecule has 0 aliphatic heterocycles. The third-order valence-electron chi connectivity index (χ3n) is 2.02. The van der Waals surface area contributed by atoms with Crippen LogP contribution in [0.4, 0.5) is 0 Å². The molecule has 94 valence electrons. The molecule has 1 N–H and O–H groups in total. The molecule has 0 saturated heterocycles. The van der Waals surface area contributed by atoms with Crippen molar-refractivity contribution in [1.29, 1.82) is 0 Å². The van der Waals surface area contributed by atoms with Crippen LogP contribution in [0.3, 0.4) is 0 Å². The van der Waals surface area contributed by atoms with Crippen molar-refractivity contribution >= 4 is 40.9 Å². The number of pyridine rings is 1. The van der Waals surface area contributed by atoms with Gasteiger partial charge in [-0.3, -0.25) is 4.79 Å². The fourth-order valence-corrected chi connectivity index (χ4v) is 2.24. The summed E-state index contributed by atoms with van der Waals surface area (Å²) in [5.74, 6) is 1.68. The monoisotopic (exact) mass is 292 g/mol. The van der Waals surface area contributed by atoms with Gasteiger partial charge in [0.1, 0.15) is 5.15 Å². The lowest BCUT2D eigenvalue weighted by atomic mass is 10.2. The van der Waals surface area contributed by atoms with Crippen LogP contribution in [0, 0.1) is 0 Å². The minimum absolute atomic E-state index is 0.0930. The van der Waals surface area contributed by atoms with Gasteiger partial charge in [-0.25, -0.2) is 4.98 Å². The molecule has 0 radical (unpaired) electrons. The van der Waals surface area contributed by atoms with E-state index in [2.05, 4.69) is 17.2 Å². The first kappa shape index (κ1) is 14.6. The van der Waals surface area contributed by atoms with Crippen molar-refractivity contribution in [1.82, 2.24) is 10.3 Å². The van der Waals surface area contributed by atoms with Gasteiger partial charge >= 0.3 is 0 Å². The number of hydrogen-bond acceptors (Lipinski definition) is 3. The Balaban J connectivity index is 2.66. The zero-order valence-corrected chi connectivity index (χ0v) is 12.0. The molecule has 0 saturated carbocycles. The van der Waals surface area contributed by atoms with Gasteiger partial charge in [0.05, 0.1) is 10.6 Å². The summed E-state index contributed by atoms with van der Waals surface area (Å²) in [6, 6.07) is 1.56. The molecule has 1 heterocycles. The highest BCUT2D eigenvalue weighted by atomic mass is 35.5. The molecule has 0 aromatic carbocycles. The fourth-order valence-electron chi connectivity index (χ4n) is 1.23. The Morgan fingerprint density at radius 3 is 2.94 bits per heavy atom. The van der Waals surface area contributed by atoms with Gasteiger partial charge in [0.2, 0.25) is 0 Å². The van der Waals surface area contributed by atoms with Gasteiger partial charge in [0.15, 0.2) is 0 Å². The molecule has 3 nitrogen and oxygen atoms in total. The molecule has 0 aliphatic rings. The average molecular weight is 293 g/mol. The first-order valence-electron chi connectivity index (χ1n) is 5.24. The molecule has 1 aromatic heterocycles. The van der Waals surface area contributed by atoms with E-state index in [1.807, 2.05) is 6.92 Å². The molecule has 6 heteroatoms. The first-order valence-corrected chi connectivity index (χ1v) is 7.15. The molecule has 0 spiro atoms. The van der Waals surface area contributed by atoms with Crippen molar-refractivity contribution < 1.29 is 4.79 Å². The van der Waals surface area contributed by atoms with E-state index in [0.717, 1.165) is 11.5 Å². The fraction of sp³-hybridized carbons (Fsp3) is 0.455. The van der Waals surface area contributed by atoms with E-state index in [4.69, 9.17) is 23.2 Å². The van der Waals surface area contributed by atoms with Crippen molar-refractivity contribution in [2.75, 3.05) is 11.5 Å². The van der Waals surface area contributed by atoms with Crippen molar-refractivity contribution in [3.63, 3.8) is 0 Å². The lowest BCUT2D eigenvalue weighted by Crippen LogP contribution is -2.34. The number of aromatic nitrogens is 1. The van der Waals surface area contributed by atoms with Gasteiger partial charge in [-0.1, -0.05) is 30.1 Å². The number of halogens is 2. The van der Waals surface area contributed by atoms with Crippen LogP contribution in [0.5, 0.6) is 0 Å². The van der Waals surface area contributed by atoms with Gasteiger partial charge in [0.25, 0.3) is 5.91 Å². The van der Waals surface area contributed by atoms with Gasteiger partial charge in [0, 0.05) is 18.0 Å². The van der Waals surface area contributed by atoms with E-state index in [1.54, 1.807) is 11.8 Å². The summed E-state index contributed by atoms with van der Waals surface area (Å²) in [7, 11) is 0. The van der Waals surface area contributed by atoms with Gasteiger partial charge < -0.3 is 5.32 Å². The van der Waals surface area contributed by atoms with Gasteiger partial charge in [-0.2, -0.15) is 11.8 Å². The van der Waals surface area contributed by atoms with Crippen LogP contribution < -0.4 is 5.32 Å². The normalized spacial score (nSPS) is 12.2. The van der Waals surface area contributed by atoms with Crippen molar-refractivity contribution in [3.05, 3.63) is 28.0 Å². The molecule has 1 unspecified atom stereocenters. The maximum absolute atomic E-state index is 11.9. The van der Waals surface area contributed by atoms with Crippen LogP contribution in [0.2, 0.25) is 10.2 Å². The number of carbonyl (C=O) groups excluding carboxylic acids is 1. The molecule has 1 atom stereocenters. The second kappa shape index (κ2) is 7.09. The second-order valence-corrected chi connectivity index (χ2v) is 5.63. The van der Waals surface area contributed by atoms with Crippen LogP contribution in [0.15, 0.2) is 12.3 Å². The summed E-state index contributed by atoms with van der Waals surface area (Å²) in [6.07, 6.45) is 1.38. The van der Waals surface area contributed by atoms with E-state index in [1.165, 1.54) is 12.3 Å². The van der Waals surface area contributed by atoms with E-state index in [9.17, 15) is 4.79 Å². The highest BCUT2D eigenvalue weighted by molar-refractivity contribution is 7.99. The zero-order valence-electron chi connectivity index (χ0n) is 9.67. The largest absolute Gasteiger partial charge is 0.349 e. The Morgan fingerprint density at radius 1 is 1.59 bits per heavy atom. The summed E-state index contributed by atoms with van der Waals surface area (Å²) >= 11 is 13.4. The maximum Gasteiger partial charge on any atom is 0.253 e. The van der Waals surface area contributed by atoms with Crippen LogP contribution in [-0.4, -0.2) is 28.4 Å². The zero-order chi connectivity index (χ0) is 12.8. The number of amides is 1. The lowest BCUT2D eigenvalue weighted by molar-refractivity contribution is 0.0944. The Hall–Kier alpha value is -0.450. The van der Waals surface area contributed by atoms with E-state index < -0.39 is 0 Å². The van der Waals surface area contributed by atoms with Gasteiger partial charge in [-0.05, 0) is 18.7 Å². The standard InChI is InChI=1S/C11H14Cl2N2OS/c1-3-17-6-7(2)15-11(16)8-4-10(13)14-5-9(8)12/h4-5,7H,3,6H2,1-2H3,(H,15,16). The van der Waals surface area contributed by atoms with E-state index in [0.29, 0.717) is 10.6 Å². The van der Waals surface area contributed by atoms with Crippen LogP contribution >= 0.6 is 35.0 Å². The summed E-state index contributed by atoms with van der Waals surface area (Å²) in [4.78, 5) is 15.7. The number of hydrogen-bond donors (Lipinski definition) is 1. The Morgan fingerprint density at radius 2 is 2.29 bits per heavy atom. The molecule has 1 aromatic rings. The number of carbonyl (C=O) groups is 1. The molecule has 1 rings (SSSR count). The lowest BCUT2D eigenvalue weighted by Gasteiger charge is -2.13. The smallest absolute Gasteiger partial charge is 0.253 e. The van der Waals surface area contributed by atoms with Crippen molar-refractivity contribution in [3.8, 4) is 0 Å². The molecule has 0 fully saturated rings. The summed E-state index contributed by atoms with van der Waals surface area (Å²) < 4.78 is 0. The highest BCUT2D eigenvalue weighted by Crippen LogP contribution is 2.18. The highest BCUT2D eigenvalue weighted by Gasteiger charge is 2.13. The predicted octanol–water partition coefficient (Wildman–Crippen LogP) is 3.26. The van der Waals surface area contributed by atoms with E-state index >= 15 is 0 Å². The summed E-state index contributed by atoms with van der Waals surface area (Å²) in [5, 5.41) is 3.44. The van der Waals surface area contributed by atoms with Crippen molar-refractivity contribution in [2.45, 2.75) is 19.9 Å². The summed E-state index contributed by atoms with van der Waals surface area (Å²) in [5.41, 5.74) is 0.361. The molecule has 17 heavy (non-hydrogen) atoms.